The number of fused-ring (bicyclic) bond motifs is 1. The van der Waals surface area contributed by atoms with Crippen molar-refractivity contribution in [2.75, 3.05) is 16.1 Å². The van der Waals surface area contributed by atoms with E-state index in [1.54, 1.807) is 36.4 Å². The number of nitrogens with one attached hydrogen (secondary N) is 3. The van der Waals surface area contributed by atoms with Gasteiger partial charge in [0.2, 0.25) is 0 Å². The molecule has 4 aromatic rings. The molecule has 7 nitrogen and oxygen atoms in total. The fraction of sp³-hybridized carbons (Fsp3) is 0.148. The normalized spacial score (nSPS) is 10.7. The first-order valence-corrected chi connectivity index (χ1v) is 11.7. The molecule has 35 heavy (non-hydrogen) atoms. The minimum Gasteiger partial charge on any atom is -0.321 e. The number of halogens is 1. The molecule has 0 saturated heterocycles. The first kappa shape index (κ1) is 24.0. The van der Waals surface area contributed by atoms with Gasteiger partial charge in [-0.2, -0.15) is 0 Å². The number of anilines is 2. The van der Waals surface area contributed by atoms with Crippen molar-refractivity contribution in [3.8, 4) is 0 Å². The summed E-state index contributed by atoms with van der Waals surface area (Å²) in [6.45, 7) is 4.01. The Morgan fingerprint density at radius 3 is 2.29 bits per heavy atom. The molecular formula is C27H25ClN4O3. The molecule has 3 amide bonds. The third-order valence-electron chi connectivity index (χ3n) is 5.68. The number of aromatic nitrogens is 1. The zero-order chi connectivity index (χ0) is 24.9. The Hall–Kier alpha value is -4.10. The second-order valence-corrected chi connectivity index (χ2v) is 8.41. The summed E-state index contributed by atoms with van der Waals surface area (Å²) < 4.78 is 1.30. The molecule has 0 atom stereocenters. The number of hydrogen-bond acceptors (Lipinski definition) is 3. The number of nitrogens with zero attached hydrogens (tertiary/aromatic N) is 1. The highest BCUT2D eigenvalue weighted by molar-refractivity contribution is 6.42. The Labute approximate surface area is 208 Å². The molecule has 8 heteroatoms. The lowest BCUT2D eigenvalue weighted by Crippen LogP contribution is -2.36. The summed E-state index contributed by atoms with van der Waals surface area (Å²) >= 11 is 6.13. The van der Waals surface area contributed by atoms with Crippen molar-refractivity contribution < 1.29 is 14.4 Å². The number of carbonyl (C=O) groups is 3. The van der Waals surface area contributed by atoms with E-state index in [9.17, 15) is 14.4 Å². The summed E-state index contributed by atoms with van der Waals surface area (Å²) in [7, 11) is 0. The number of aryl methyl sites for hydroxylation is 2. The van der Waals surface area contributed by atoms with Gasteiger partial charge in [0.1, 0.15) is 5.69 Å². The Kier molecular flexibility index (Phi) is 7.17. The van der Waals surface area contributed by atoms with Crippen molar-refractivity contribution in [1.82, 2.24) is 4.68 Å². The van der Waals surface area contributed by atoms with Gasteiger partial charge in [0, 0.05) is 21.8 Å². The molecule has 0 aliphatic rings. The second kappa shape index (κ2) is 10.4. The minimum absolute atomic E-state index is 0.150. The average Bonchev–Trinajstić information content (AvgIpc) is 3.22. The monoisotopic (exact) mass is 488 g/mol. The summed E-state index contributed by atoms with van der Waals surface area (Å²) in [5.41, 5.74) is 6.46. The highest BCUT2D eigenvalue weighted by atomic mass is 35.5. The second-order valence-electron chi connectivity index (χ2n) is 7.98. The van der Waals surface area contributed by atoms with Crippen LogP contribution in [0.1, 0.15) is 35.5 Å². The number of amides is 3. The van der Waals surface area contributed by atoms with E-state index < -0.39 is 17.7 Å². The van der Waals surface area contributed by atoms with E-state index >= 15 is 0 Å². The smallest absolute Gasteiger partial charge is 0.321 e. The van der Waals surface area contributed by atoms with Crippen molar-refractivity contribution in [1.29, 1.82) is 0 Å². The van der Waals surface area contributed by atoms with Crippen LogP contribution in [0.3, 0.4) is 0 Å². The predicted molar refractivity (Wildman–Crippen MR) is 140 cm³/mol. The van der Waals surface area contributed by atoms with Crippen molar-refractivity contribution in [3.63, 3.8) is 0 Å². The van der Waals surface area contributed by atoms with Gasteiger partial charge in [0.25, 0.3) is 5.91 Å². The molecule has 0 aliphatic carbocycles. The topological polar surface area (TPSA) is 92.2 Å². The van der Waals surface area contributed by atoms with Crippen LogP contribution in [-0.4, -0.2) is 22.4 Å². The van der Waals surface area contributed by atoms with Gasteiger partial charge in [0.05, 0.1) is 5.52 Å². The van der Waals surface area contributed by atoms with Crippen LogP contribution in [0.4, 0.5) is 11.4 Å². The number of benzene rings is 3. The maximum atomic E-state index is 13.2. The third kappa shape index (κ3) is 5.36. The van der Waals surface area contributed by atoms with Crippen molar-refractivity contribution in [2.45, 2.75) is 26.7 Å². The highest BCUT2D eigenvalue weighted by Crippen LogP contribution is 2.24. The summed E-state index contributed by atoms with van der Waals surface area (Å²) in [5.74, 6) is -2.20. The molecule has 0 aliphatic heterocycles. The first-order valence-electron chi connectivity index (χ1n) is 11.3. The van der Waals surface area contributed by atoms with E-state index in [1.165, 1.54) is 4.68 Å². The molecular weight excluding hydrogens is 464 g/mol. The Morgan fingerprint density at radius 1 is 0.829 bits per heavy atom. The van der Waals surface area contributed by atoms with E-state index in [0.717, 1.165) is 17.5 Å². The van der Waals surface area contributed by atoms with E-state index in [1.807, 2.05) is 43.3 Å². The molecule has 0 saturated carbocycles. The largest absolute Gasteiger partial charge is 0.328 e. The number of carbonyl (C=O) groups excluding carboxylic acids is 3. The Balaban J connectivity index is 1.61. The zero-order valence-electron chi connectivity index (χ0n) is 19.4. The molecule has 0 fully saturated rings. The lowest BCUT2D eigenvalue weighted by molar-refractivity contribution is -0.133. The summed E-state index contributed by atoms with van der Waals surface area (Å²) in [5, 5.41) is 6.61. The Morgan fingerprint density at radius 2 is 1.57 bits per heavy atom. The van der Waals surface area contributed by atoms with Gasteiger partial charge < -0.3 is 10.6 Å². The highest BCUT2D eigenvalue weighted by Gasteiger charge is 2.21. The molecule has 3 N–H and O–H groups in total. The van der Waals surface area contributed by atoms with Crippen LogP contribution in [0.2, 0.25) is 5.02 Å². The molecule has 0 radical (unpaired) electrons. The van der Waals surface area contributed by atoms with Crippen molar-refractivity contribution in [2.24, 2.45) is 0 Å². The van der Waals surface area contributed by atoms with Gasteiger partial charge >= 0.3 is 11.8 Å². The lowest BCUT2D eigenvalue weighted by Gasteiger charge is -2.14. The van der Waals surface area contributed by atoms with Crippen LogP contribution in [0.25, 0.3) is 10.9 Å². The molecule has 4 rings (SSSR count). The van der Waals surface area contributed by atoms with Gasteiger partial charge in [-0.25, -0.2) is 4.68 Å². The van der Waals surface area contributed by atoms with Gasteiger partial charge in [0.15, 0.2) is 0 Å². The number of rotatable bonds is 6. The average molecular weight is 489 g/mol. The van der Waals surface area contributed by atoms with Crippen molar-refractivity contribution in [3.05, 3.63) is 94.6 Å². The summed E-state index contributed by atoms with van der Waals surface area (Å²) in [6, 6.07) is 21.4. The fourth-order valence-electron chi connectivity index (χ4n) is 3.77. The maximum Gasteiger partial charge on any atom is 0.328 e. The quantitative estimate of drug-likeness (QED) is 0.318. The van der Waals surface area contributed by atoms with E-state index in [2.05, 4.69) is 23.0 Å². The molecule has 0 spiro atoms. The summed E-state index contributed by atoms with van der Waals surface area (Å²) in [4.78, 5) is 38.7. The van der Waals surface area contributed by atoms with Crippen LogP contribution in [0.15, 0.2) is 72.8 Å². The van der Waals surface area contributed by atoms with Gasteiger partial charge in [-0.1, -0.05) is 55.8 Å². The van der Waals surface area contributed by atoms with Crippen LogP contribution < -0.4 is 16.1 Å². The zero-order valence-corrected chi connectivity index (χ0v) is 20.1. The van der Waals surface area contributed by atoms with Crippen LogP contribution in [0.5, 0.6) is 0 Å². The Bertz CT molecular complexity index is 1410. The third-order valence-corrected chi connectivity index (χ3v) is 5.92. The SMILES string of the molecule is CCc1ccc(NC(=O)c2cc3cc(Cl)ccc3n2NC(=O)C(=O)Nc2ccccc2CC)cc1. The number of para-hydroxylation sites is 1. The van der Waals surface area contributed by atoms with Crippen LogP contribution in [0, 0.1) is 0 Å². The maximum absolute atomic E-state index is 13.2. The predicted octanol–water partition coefficient (Wildman–Crippen LogP) is 5.38. The molecule has 0 unspecified atom stereocenters. The van der Waals surface area contributed by atoms with Gasteiger partial charge in [-0.3, -0.25) is 19.8 Å². The molecule has 1 aromatic heterocycles. The van der Waals surface area contributed by atoms with E-state index in [4.69, 9.17) is 11.6 Å². The standard InChI is InChI=1S/C27H25ClN4O3/c1-3-17-9-12-21(13-10-17)29-25(33)24-16-19-15-20(28)11-14-23(19)32(24)31-27(35)26(34)30-22-8-6-5-7-18(22)4-2/h5-16H,3-4H2,1-2H3,(H,29,33)(H,30,34)(H,31,35). The van der Waals surface area contributed by atoms with Crippen LogP contribution in [-0.2, 0) is 22.4 Å². The molecule has 1 heterocycles. The minimum atomic E-state index is -0.912. The van der Waals surface area contributed by atoms with Crippen LogP contribution >= 0.6 is 11.6 Å². The lowest BCUT2D eigenvalue weighted by atomic mass is 10.1. The van der Waals surface area contributed by atoms with E-state index in [0.29, 0.717) is 33.7 Å². The first-order chi connectivity index (χ1) is 16.9. The van der Waals surface area contributed by atoms with Gasteiger partial charge in [-0.15, -0.1) is 0 Å². The van der Waals surface area contributed by atoms with Gasteiger partial charge in [-0.05, 0) is 66.4 Å². The van der Waals surface area contributed by atoms with E-state index in [-0.39, 0.29) is 5.69 Å². The molecule has 178 valence electrons. The fourth-order valence-corrected chi connectivity index (χ4v) is 3.96. The summed E-state index contributed by atoms with van der Waals surface area (Å²) in [6.07, 6.45) is 1.59. The molecule has 3 aromatic carbocycles. The van der Waals surface area contributed by atoms with Crippen molar-refractivity contribution >= 4 is 51.6 Å². The number of hydrogen-bond donors (Lipinski definition) is 3. The molecule has 0 bridgehead atoms.